The highest BCUT2D eigenvalue weighted by Crippen LogP contribution is 2.25. The molecule has 0 unspecified atom stereocenters. The highest BCUT2D eigenvalue weighted by atomic mass is 35.5. The molecule has 0 saturated carbocycles. The Kier molecular flexibility index (Phi) is 3.10. The van der Waals surface area contributed by atoms with Crippen LogP contribution in [0.5, 0.6) is 0 Å². The zero-order valence-corrected chi connectivity index (χ0v) is 10.7. The lowest BCUT2D eigenvalue weighted by molar-refractivity contribution is 0.490. The largest absolute Gasteiger partial charge is 0.276 e. The van der Waals surface area contributed by atoms with E-state index in [-0.39, 0.29) is 23.0 Å². The Labute approximate surface area is 116 Å². The van der Waals surface area contributed by atoms with Crippen LogP contribution < -0.4 is 0 Å². The van der Waals surface area contributed by atoms with E-state index in [2.05, 4.69) is 9.97 Å². The van der Waals surface area contributed by atoms with Crippen molar-refractivity contribution in [1.82, 2.24) is 14.5 Å². The van der Waals surface area contributed by atoms with Gasteiger partial charge in [0.1, 0.15) is 17.2 Å². The third kappa shape index (κ3) is 1.92. The van der Waals surface area contributed by atoms with Gasteiger partial charge in [0.25, 0.3) is 0 Å². The van der Waals surface area contributed by atoms with Gasteiger partial charge in [-0.25, -0.2) is 23.1 Å². The SMILES string of the molecule is Fc1cc(F)c(F)c(-n2c(CCl)nc3cccnc32)c1. The summed E-state index contributed by atoms with van der Waals surface area (Å²) >= 11 is 5.76. The molecule has 0 aliphatic heterocycles. The van der Waals surface area contributed by atoms with E-state index in [4.69, 9.17) is 11.6 Å². The number of benzene rings is 1. The molecule has 2 heterocycles. The molecule has 3 rings (SSSR count). The Morgan fingerprint density at radius 3 is 2.75 bits per heavy atom. The Balaban J connectivity index is 2.39. The fraction of sp³-hybridized carbons (Fsp3) is 0.0769. The van der Waals surface area contributed by atoms with Crippen LogP contribution in [0.1, 0.15) is 5.82 Å². The highest BCUT2D eigenvalue weighted by Gasteiger charge is 2.19. The van der Waals surface area contributed by atoms with Crippen molar-refractivity contribution in [1.29, 1.82) is 0 Å². The van der Waals surface area contributed by atoms with Gasteiger partial charge in [-0.15, -0.1) is 11.6 Å². The monoisotopic (exact) mass is 297 g/mol. The number of aromatic nitrogens is 3. The van der Waals surface area contributed by atoms with Crippen LogP contribution in [0, 0.1) is 17.5 Å². The summed E-state index contributed by atoms with van der Waals surface area (Å²) in [4.78, 5) is 8.22. The van der Waals surface area contributed by atoms with Crippen molar-refractivity contribution in [3.05, 3.63) is 53.7 Å². The molecule has 3 aromatic rings. The van der Waals surface area contributed by atoms with Gasteiger partial charge in [-0.2, -0.15) is 0 Å². The van der Waals surface area contributed by atoms with Crippen molar-refractivity contribution in [2.75, 3.05) is 0 Å². The maximum absolute atomic E-state index is 13.9. The van der Waals surface area contributed by atoms with Gasteiger partial charge in [-0.05, 0) is 12.1 Å². The van der Waals surface area contributed by atoms with Gasteiger partial charge in [0.05, 0.1) is 11.6 Å². The number of pyridine rings is 1. The maximum atomic E-state index is 13.9. The van der Waals surface area contributed by atoms with Crippen LogP contribution in [0.2, 0.25) is 0 Å². The third-order valence-electron chi connectivity index (χ3n) is 2.82. The van der Waals surface area contributed by atoms with Crippen molar-refractivity contribution in [2.24, 2.45) is 0 Å². The van der Waals surface area contributed by atoms with E-state index in [1.54, 1.807) is 12.1 Å². The number of halogens is 4. The van der Waals surface area contributed by atoms with Gasteiger partial charge in [0, 0.05) is 18.3 Å². The first kappa shape index (κ1) is 12.9. The Hall–Kier alpha value is -2.08. The number of fused-ring (bicyclic) bond motifs is 1. The van der Waals surface area contributed by atoms with Crippen LogP contribution in [-0.4, -0.2) is 14.5 Å². The van der Waals surface area contributed by atoms with Gasteiger partial charge in [0.2, 0.25) is 0 Å². The summed E-state index contributed by atoms with van der Waals surface area (Å²) in [6, 6.07) is 4.67. The van der Waals surface area contributed by atoms with Crippen LogP contribution in [0.15, 0.2) is 30.5 Å². The quantitative estimate of drug-likeness (QED) is 0.535. The summed E-state index contributed by atoms with van der Waals surface area (Å²) in [7, 11) is 0. The fourth-order valence-corrected chi connectivity index (χ4v) is 2.19. The van der Waals surface area contributed by atoms with Crippen molar-refractivity contribution in [3.63, 3.8) is 0 Å². The number of hydrogen-bond donors (Lipinski definition) is 0. The van der Waals surface area contributed by atoms with Gasteiger partial charge in [-0.1, -0.05) is 0 Å². The van der Waals surface area contributed by atoms with E-state index in [1.165, 1.54) is 10.8 Å². The molecule has 0 radical (unpaired) electrons. The molecular formula is C13H7ClF3N3. The average molecular weight is 298 g/mol. The van der Waals surface area contributed by atoms with E-state index < -0.39 is 17.5 Å². The molecule has 102 valence electrons. The molecule has 3 nitrogen and oxygen atoms in total. The first-order valence-corrected chi connectivity index (χ1v) is 6.18. The Morgan fingerprint density at radius 2 is 2.00 bits per heavy atom. The summed E-state index contributed by atoms with van der Waals surface area (Å²) < 4.78 is 41.8. The van der Waals surface area contributed by atoms with Crippen molar-refractivity contribution < 1.29 is 13.2 Å². The van der Waals surface area contributed by atoms with Crippen LogP contribution >= 0.6 is 11.6 Å². The van der Waals surface area contributed by atoms with Crippen LogP contribution in [0.3, 0.4) is 0 Å². The van der Waals surface area contributed by atoms with E-state index in [1.807, 2.05) is 0 Å². The van der Waals surface area contributed by atoms with Crippen molar-refractivity contribution >= 4 is 22.8 Å². The van der Waals surface area contributed by atoms with E-state index >= 15 is 0 Å². The molecule has 0 aliphatic rings. The minimum Gasteiger partial charge on any atom is -0.276 e. The first-order valence-electron chi connectivity index (χ1n) is 5.65. The van der Waals surface area contributed by atoms with E-state index in [0.29, 0.717) is 11.6 Å². The minimum absolute atomic E-state index is 0.0477. The van der Waals surface area contributed by atoms with Crippen LogP contribution in [0.25, 0.3) is 16.9 Å². The molecular weight excluding hydrogens is 291 g/mol. The molecule has 0 N–H and O–H groups in total. The van der Waals surface area contributed by atoms with Gasteiger partial charge in [-0.3, -0.25) is 4.57 Å². The lowest BCUT2D eigenvalue weighted by atomic mass is 10.2. The Morgan fingerprint density at radius 1 is 1.20 bits per heavy atom. The number of imidazole rings is 1. The summed E-state index contributed by atoms with van der Waals surface area (Å²) in [6.07, 6.45) is 1.48. The average Bonchev–Trinajstić information content (AvgIpc) is 2.81. The normalized spacial score (nSPS) is 11.2. The lowest BCUT2D eigenvalue weighted by Gasteiger charge is -2.09. The summed E-state index contributed by atoms with van der Waals surface area (Å²) in [5, 5.41) is 0. The predicted molar refractivity (Wildman–Crippen MR) is 68.3 cm³/mol. The summed E-state index contributed by atoms with van der Waals surface area (Å²) in [6.45, 7) is 0. The molecule has 1 aromatic carbocycles. The molecule has 7 heteroatoms. The molecule has 0 bridgehead atoms. The van der Waals surface area contributed by atoms with Crippen LogP contribution in [0.4, 0.5) is 13.2 Å². The zero-order chi connectivity index (χ0) is 14.3. The van der Waals surface area contributed by atoms with E-state index in [9.17, 15) is 13.2 Å². The zero-order valence-electron chi connectivity index (χ0n) is 9.95. The molecule has 0 saturated heterocycles. The molecule has 0 amide bonds. The molecule has 0 aliphatic carbocycles. The smallest absolute Gasteiger partial charge is 0.183 e. The summed E-state index contributed by atoms with van der Waals surface area (Å²) in [5.74, 6) is -3.14. The Bertz CT molecular complexity index is 801. The van der Waals surface area contributed by atoms with Crippen LogP contribution in [-0.2, 0) is 5.88 Å². The first-order chi connectivity index (χ1) is 9.61. The number of hydrogen-bond acceptors (Lipinski definition) is 2. The topological polar surface area (TPSA) is 30.7 Å². The predicted octanol–water partition coefficient (Wildman–Crippen LogP) is 3.58. The lowest BCUT2D eigenvalue weighted by Crippen LogP contribution is -2.05. The van der Waals surface area contributed by atoms with Crippen molar-refractivity contribution in [2.45, 2.75) is 5.88 Å². The maximum Gasteiger partial charge on any atom is 0.183 e. The summed E-state index contributed by atoms with van der Waals surface area (Å²) in [5.41, 5.74) is 0.443. The highest BCUT2D eigenvalue weighted by molar-refractivity contribution is 6.16. The van der Waals surface area contributed by atoms with Gasteiger partial charge in [0.15, 0.2) is 17.3 Å². The minimum atomic E-state index is -1.28. The molecule has 0 atom stereocenters. The van der Waals surface area contributed by atoms with E-state index in [0.717, 1.165) is 6.07 Å². The standard InChI is InChI=1S/C13H7ClF3N3/c14-6-11-19-9-2-1-3-18-13(9)20(11)10-5-7(15)4-8(16)12(10)17/h1-5H,6H2. The second-order valence-corrected chi connectivity index (χ2v) is 4.33. The van der Waals surface area contributed by atoms with Crippen molar-refractivity contribution in [3.8, 4) is 5.69 Å². The molecule has 0 spiro atoms. The van der Waals surface area contributed by atoms with Gasteiger partial charge < -0.3 is 0 Å². The number of alkyl halides is 1. The second kappa shape index (κ2) is 4.79. The molecule has 0 fully saturated rings. The molecule has 2 aromatic heterocycles. The number of nitrogens with zero attached hydrogens (tertiary/aromatic N) is 3. The fourth-order valence-electron chi connectivity index (χ4n) is 2.01. The molecule has 20 heavy (non-hydrogen) atoms. The van der Waals surface area contributed by atoms with Gasteiger partial charge >= 0.3 is 0 Å². The third-order valence-corrected chi connectivity index (χ3v) is 3.06. The second-order valence-electron chi connectivity index (χ2n) is 4.06. The number of rotatable bonds is 2.